The Hall–Kier alpha value is -1.75. The lowest BCUT2D eigenvalue weighted by atomic mass is 10.7. The summed E-state index contributed by atoms with van der Waals surface area (Å²) in [5.74, 6) is -2.50. The van der Waals surface area contributed by atoms with Gasteiger partial charge in [0.1, 0.15) is 0 Å². The van der Waals surface area contributed by atoms with Crippen molar-refractivity contribution in [3.8, 4) is 0 Å². The van der Waals surface area contributed by atoms with Crippen molar-refractivity contribution in [1.82, 2.24) is 11.0 Å². The Morgan fingerprint density at radius 2 is 0.833 bits per heavy atom. The smallest absolute Gasteiger partial charge is 0.300 e. The van der Waals surface area contributed by atoms with E-state index in [1.165, 1.54) is 0 Å². The van der Waals surface area contributed by atoms with Crippen LogP contribution in [0.25, 0.3) is 0 Å². The highest BCUT2D eigenvalue weighted by molar-refractivity contribution is 5.63. The number of aliphatic carboxylic acids is 3. The molecule has 10 nitrogen and oxygen atoms in total. The van der Waals surface area contributed by atoms with Gasteiger partial charge < -0.3 is 25.7 Å². The highest BCUT2D eigenvalue weighted by Gasteiger charge is 1.73. The minimum atomic E-state index is -0.833. The second-order valence-electron chi connectivity index (χ2n) is 2.37. The van der Waals surface area contributed by atoms with Gasteiger partial charge in [0.15, 0.2) is 0 Å². The summed E-state index contributed by atoms with van der Waals surface area (Å²) < 4.78 is 0. The number of carboxylic acids is 3. The van der Waals surface area contributed by atoms with Crippen molar-refractivity contribution in [2.45, 2.75) is 20.8 Å². The first kappa shape index (κ1) is 25.2. The molecule has 0 bridgehead atoms. The quantitative estimate of drug-likeness (QED) is 0.254. The molecular formula is C8H20N2O8. The van der Waals surface area contributed by atoms with Crippen LogP contribution in [0.4, 0.5) is 0 Å². The molecule has 0 atom stereocenters. The highest BCUT2D eigenvalue weighted by atomic mass is 16.5. The molecule has 0 aromatic heterocycles. The van der Waals surface area contributed by atoms with Crippen molar-refractivity contribution >= 4 is 17.9 Å². The van der Waals surface area contributed by atoms with Gasteiger partial charge in [-0.2, -0.15) is 0 Å². The minimum Gasteiger partial charge on any atom is -0.481 e. The van der Waals surface area contributed by atoms with Crippen LogP contribution in [0.1, 0.15) is 20.8 Å². The molecule has 0 aliphatic rings. The van der Waals surface area contributed by atoms with E-state index in [9.17, 15) is 0 Å². The average Bonchev–Trinajstić information content (AvgIpc) is 2.11. The van der Waals surface area contributed by atoms with E-state index in [-0.39, 0.29) is 0 Å². The Morgan fingerprint density at radius 1 is 0.722 bits per heavy atom. The van der Waals surface area contributed by atoms with Crippen LogP contribution in [0.3, 0.4) is 0 Å². The molecular weight excluding hydrogens is 252 g/mol. The molecule has 7 N–H and O–H groups in total. The van der Waals surface area contributed by atoms with Crippen molar-refractivity contribution in [1.29, 1.82) is 0 Å². The Balaban J connectivity index is -0.0000000742. The van der Waals surface area contributed by atoms with Crippen molar-refractivity contribution in [2.75, 3.05) is 13.1 Å². The third kappa shape index (κ3) is 1600. The van der Waals surface area contributed by atoms with Gasteiger partial charge in [-0.1, -0.05) is 0 Å². The molecule has 0 fully saturated rings. The van der Waals surface area contributed by atoms with Crippen LogP contribution in [0.15, 0.2) is 0 Å². The molecule has 0 spiro atoms. The number of hydrogen-bond acceptors (Lipinski definition) is 7. The van der Waals surface area contributed by atoms with Gasteiger partial charge in [0.05, 0.1) is 0 Å². The van der Waals surface area contributed by atoms with E-state index in [0.29, 0.717) is 13.1 Å². The molecule has 0 heterocycles. The fraction of sp³-hybridized carbons (Fsp3) is 0.625. The van der Waals surface area contributed by atoms with Crippen molar-refractivity contribution < 1.29 is 40.1 Å². The van der Waals surface area contributed by atoms with Crippen LogP contribution in [0.2, 0.25) is 0 Å². The molecule has 0 rings (SSSR count). The Bertz CT molecular complexity index is 165. The van der Waals surface area contributed by atoms with Gasteiger partial charge >= 0.3 is 0 Å². The van der Waals surface area contributed by atoms with Crippen LogP contribution < -0.4 is 11.0 Å². The van der Waals surface area contributed by atoms with E-state index < -0.39 is 17.9 Å². The van der Waals surface area contributed by atoms with Gasteiger partial charge in [-0.05, 0) is 0 Å². The summed E-state index contributed by atoms with van der Waals surface area (Å²) in [4.78, 5) is 27.0. The third-order valence-corrected chi connectivity index (χ3v) is 0.349. The standard InChI is InChI=1S/C2H8N2O2.3C2H4O2/c5-3-1-2-4-6;3*1-2(3)4/h3-6H,1-2H2;3*1H3,(H,3,4). The van der Waals surface area contributed by atoms with Gasteiger partial charge in [0.25, 0.3) is 17.9 Å². The van der Waals surface area contributed by atoms with Gasteiger partial charge in [0.2, 0.25) is 0 Å². The molecule has 0 aromatic rings. The molecule has 0 unspecified atom stereocenters. The van der Waals surface area contributed by atoms with Gasteiger partial charge in [-0.15, -0.1) is 0 Å². The number of rotatable bonds is 3. The van der Waals surface area contributed by atoms with Gasteiger partial charge in [-0.3, -0.25) is 14.4 Å². The maximum Gasteiger partial charge on any atom is 0.300 e. The molecule has 0 radical (unpaired) electrons. The van der Waals surface area contributed by atoms with Crippen molar-refractivity contribution in [2.24, 2.45) is 0 Å². The molecule has 18 heavy (non-hydrogen) atoms. The average molecular weight is 272 g/mol. The monoisotopic (exact) mass is 272 g/mol. The summed E-state index contributed by atoms with van der Waals surface area (Å²) in [6.07, 6.45) is 0. The van der Waals surface area contributed by atoms with Crippen molar-refractivity contribution in [3.05, 3.63) is 0 Å². The summed E-state index contributed by atoms with van der Waals surface area (Å²) in [6.45, 7) is 3.97. The van der Waals surface area contributed by atoms with E-state index >= 15 is 0 Å². The number of carboxylic acid groups (broad SMARTS) is 3. The molecule has 0 amide bonds. The molecule has 0 aromatic carbocycles. The number of nitrogens with one attached hydrogen (secondary N) is 2. The molecule has 10 heteroatoms. The Labute approximate surface area is 104 Å². The molecule has 0 saturated carbocycles. The Kier molecular flexibility index (Phi) is 34.2. The first-order valence-electron chi connectivity index (χ1n) is 4.44. The van der Waals surface area contributed by atoms with E-state index in [1.54, 1.807) is 0 Å². The maximum absolute atomic E-state index is 9.00. The fourth-order valence-corrected chi connectivity index (χ4v) is 0.112. The zero-order valence-electron chi connectivity index (χ0n) is 10.4. The Morgan fingerprint density at radius 3 is 0.889 bits per heavy atom. The summed E-state index contributed by atoms with van der Waals surface area (Å²) in [6, 6.07) is 0. The lowest BCUT2D eigenvalue weighted by molar-refractivity contribution is -0.135. The summed E-state index contributed by atoms with van der Waals surface area (Å²) in [5, 5.41) is 37.8. The van der Waals surface area contributed by atoms with Crippen LogP contribution in [0.5, 0.6) is 0 Å². The first-order chi connectivity index (χ1) is 8.11. The topological polar surface area (TPSA) is 176 Å². The van der Waals surface area contributed by atoms with Gasteiger partial charge in [0, 0.05) is 33.9 Å². The zero-order chi connectivity index (χ0) is 15.6. The second-order valence-corrected chi connectivity index (χ2v) is 2.37. The van der Waals surface area contributed by atoms with Crippen LogP contribution in [-0.4, -0.2) is 56.7 Å². The lowest BCUT2D eigenvalue weighted by Crippen LogP contribution is -2.22. The normalized spacial score (nSPS) is 7.17. The molecule has 0 aliphatic heterocycles. The SMILES string of the molecule is CC(=O)O.CC(=O)O.CC(=O)O.ONCCNO. The number of carbonyl (C=O) groups is 3. The van der Waals surface area contributed by atoms with Crippen LogP contribution >= 0.6 is 0 Å². The summed E-state index contributed by atoms with van der Waals surface area (Å²) in [7, 11) is 0. The minimum absolute atomic E-state index is 0.358. The molecule has 110 valence electrons. The summed E-state index contributed by atoms with van der Waals surface area (Å²) >= 11 is 0. The number of hydroxylamine groups is 2. The second kappa shape index (κ2) is 24.5. The number of hydrogen-bond donors (Lipinski definition) is 7. The van der Waals surface area contributed by atoms with Gasteiger partial charge in [-0.25, -0.2) is 11.0 Å². The lowest BCUT2D eigenvalue weighted by Gasteiger charge is -1.90. The maximum atomic E-state index is 9.00. The largest absolute Gasteiger partial charge is 0.481 e. The van der Waals surface area contributed by atoms with E-state index in [2.05, 4.69) is 0 Å². The first-order valence-corrected chi connectivity index (χ1v) is 4.44. The van der Waals surface area contributed by atoms with Crippen LogP contribution in [-0.2, 0) is 14.4 Å². The van der Waals surface area contributed by atoms with E-state index in [0.717, 1.165) is 20.8 Å². The summed E-state index contributed by atoms with van der Waals surface area (Å²) in [5.41, 5.74) is 3.69. The van der Waals surface area contributed by atoms with E-state index in [1.807, 2.05) is 11.0 Å². The van der Waals surface area contributed by atoms with E-state index in [4.69, 9.17) is 40.1 Å². The van der Waals surface area contributed by atoms with Crippen molar-refractivity contribution in [3.63, 3.8) is 0 Å². The fourth-order valence-electron chi connectivity index (χ4n) is 0.112. The zero-order valence-corrected chi connectivity index (χ0v) is 10.4. The molecule has 0 aliphatic carbocycles. The van der Waals surface area contributed by atoms with Crippen LogP contribution in [0, 0.1) is 0 Å². The third-order valence-electron chi connectivity index (χ3n) is 0.349. The molecule has 0 saturated heterocycles. The predicted molar refractivity (Wildman–Crippen MR) is 59.5 cm³/mol. The highest BCUT2D eigenvalue weighted by Crippen LogP contribution is 1.44. The predicted octanol–water partition coefficient (Wildman–Crippen LogP) is -0.783.